The Morgan fingerprint density at radius 3 is 2.79 bits per heavy atom. The summed E-state index contributed by atoms with van der Waals surface area (Å²) >= 11 is 3.01. The second-order valence-electron chi connectivity index (χ2n) is 8.84. The summed E-state index contributed by atoms with van der Waals surface area (Å²) in [5, 5.41) is 13.8. The Labute approximate surface area is 204 Å². The molecular formula is C23H23FN6O2S2. The third-order valence-electron chi connectivity index (χ3n) is 5.98. The van der Waals surface area contributed by atoms with E-state index in [-0.39, 0.29) is 17.5 Å². The van der Waals surface area contributed by atoms with Crippen LogP contribution in [-0.2, 0) is 11.1 Å². The van der Waals surface area contributed by atoms with Crippen LogP contribution in [0.1, 0.15) is 34.8 Å². The number of amidine groups is 1. The minimum Gasteiger partial charge on any atom is -0.384 e. The monoisotopic (exact) mass is 498 g/mol. The van der Waals surface area contributed by atoms with Gasteiger partial charge >= 0.3 is 0 Å². The van der Waals surface area contributed by atoms with Crippen molar-refractivity contribution in [2.45, 2.75) is 25.0 Å². The number of nitrogens with one attached hydrogen (secondary N) is 1. The van der Waals surface area contributed by atoms with Gasteiger partial charge in [0, 0.05) is 30.0 Å². The lowest BCUT2D eigenvalue weighted by atomic mass is 9.87. The molecule has 8 nitrogen and oxygen atoms in total. The number of aliphatic imine (C=N–C) groups is 1. The molecule has 2 aromatic heterocycles. The van der Waals surface area contributed by atoms with E-state index < -0.39 is 17.0 Å². The maximum absolute atomic E-state index is 14.3. The molecule has 2 atom stereocenters. The number of fused-ring (bicyclic) bond motifs is 1. The number of carbonyl (C=O) groups excluding carboxylic acids is 1. The lowest BCUT2D eigenvalue weighted by Crippen LogP contribution is -2.42. The van der Waals surface area contributed by atoms with Crippen molar-refractivity contribution in [1.82, 2.24) is 20.3 Å². The Kier molecular flexibility index (Phi) is 5.86. The predicted octanol–water partition coefficient (Wildman–Crippen LogP) is 3.16. The number of benzene rings is 1. The fraction of sp³-hybridized carbons (Fsp3) is 0.348. The summed E-state index contributed by atoms with van der Waals surface area (Å²) in [5.74, 6) is 0.309. The molecule has 34 heavy (non-hydrogen) atoms. The Balaban J connectivity index is 1.48. The third kappa shape index (κ3) is 4.19. The van der Waals surface area contributed by atoms with Gasteiger partial charge in [-0.3, -0.25) is 9.78 Å². The molecule has 0 bridgehead atoms. The number of thiazole rings is 1. The summed E-state index contributed by atoms with van der Waals surface area (Å²) in [5.41, 5.74) is 0.203. The molecule has 5 rings (SSSR count). The lowest BCUT2D eigenvalue weighted by molar-refractivity contribution is 0.0693. The second kappa shape index (κ2) is 8.71. The van der Waals surface area contributed by atoms with Gasteiger partial charge in [0.25, 0.3) is 5.91 Å². The fourth-order valence-corrected chi connectivity index (χ4v) is 6.26. The Bertz CT molecular complexity index is 1230. The lowest BCUT2D eigenvalue weighted by Gasteiger charge is -2.33. The SMILES string of the molecule is CC(C)(O)c1nc(N2C[C@H]3CSC(NC(=O)c4ccccc4)=N[C@@]3(c3cncs3)C2)ncc1F. The van der Waals surface area contributed by atoms with Crippen molar-refractivity contribution < 1.29 is 14.3 Å². The van der Waals surface area contributed by atoms with Gasteiger partial charge in [0.2, 0.25) is 5.95 Å². The Morgan fingerprint density at radius 1 is 1.29 bits per heavy atom. The van der Waals surface area contributed by atoms with Crippen LogP contribution >= 0.6 is 23.1 Å². The van der Waals surface area contributed by atoms with Crippen LogP contribution in [0.5, 0.6) is 0 Å². The fourth-order valence-electron chi connectivity index (χ4n) is 4.29. The van der Waals surface area contributed by atoms with Crippen LogP contribution in [0.15, 0.2) is 53.2 Å². The number of aromatic nitrogens is 3. The number of halogens is 1. The van der Waals surface area contributed by atoms with Gasteiger partial charge in [-0.25, -0.2) is 19.4 Å². The summed E-state index contributed by atoms with van der Waals surface area (Å²) < 4.78 is 14.3. The molecule has 1 saturated heterocycles. The highest BCUT2D eigenvalue weighted by atomic mass is 32.2. The molecule has 1 fully saturated rings. The van der Waals surface area contributed by atoms with Crippen molar-refractivity contribution in [1.29, 1.82) is 0 Å². The Hall–Kier alpha value is -2.89. The summed E-state index contributed by atoms with van der Waals surface area (Å²) in [4.78, 5) is 33.6. The summed E-state index contributed by atoms with van der Waals surface area (Å²) in [6.07, 6.45) is 2.91. The van der Waals surface area contributed by atoms with Crippen LogP contribution in [0, 0.1) is 11.7 Å². The molecule has 176 valence electrons. The highest BCUT2D eigenvalue weighted by Crippen LogP contribution is 2.47. The average Bonchev–Trinajstić information content (AvgIpc) is 3.48. The topological polar surface area (TPSA) is 104 Å². The van der Waals surface area contributed by atoms with E-state index in [9.17, 15) is 14.3 Å². The van der Waals surface area contributed by atoms with E-state index >= 15 is 0 Å². The third-order valence-corrected chi connectivity index (χ3v) is 7.96. The van der Waals surface area contributed by atoms with Gasteiger partial charge in [-0.2, -0.15) is 0 Å². The van der Waals surface area contributed by atoms with Crippen molar-refractivity contribution in [3.8, 4) is 0 Å². The van der Waals surface area contributed by atoms with Crippen molar-refractivity contribution in [2.75, 3.05) is 23.7 Å². The molecule has 2 aliphatic rings. The first-order chi connectivity index (χ1) is 16.3. The number of rotatable bonds is 4. The van der Waals surface area contributed by atoms with Crippen molar-refractivity contribution in [2.24, 2.45) is 10.9 Å². The molecule has 3 aromatic rings. The number of carbonyl (C=O) groups is 1. The molecule has 1 aromatic carbocycles. The van der Waals surface area contributed by atoms with E-state index in [4.69, 9.17) is 4.99 Å². The molecule has 2 aliphatic heterocycles. The molecule has 0 unspecified atom stereocenters. The molecule has 0 aliphatic carbocycles. The van der Waals surface area contributed by atoms with Gasteiger partial charge in [0.1, 0.15) is 16.8 Å². The van der Waals surface area contributed by atoms with Crippen LogP contribution in [0.25, 0.3) is 0 Å². The van der Waals surface area contributed by atoms with E-state index in [0.717, 1.165) is 16.8 Å². The van der Waals surface area contributed by atoms with E-state index in [2.05, 4.69) is 20.3 Å². The number of thioether (sulfide) groups is 1. The van der Waals surface area contributed by atoms with Crippen LogP contribution in [0.3, 0.4) is 0 Å². The minimum absolute atomic E-state index is 0.0482. The first-order valence-electron chi connectivity index (χ1n) is 10.7. The quantitative estimate of drug-likeness (QED) is 0.570. The first-order valence-corrected chi connectivity index (χ1v) is 12.6. The van der Waals surface area contributed by atoms with Gasteiger partial charge in [-0.1, -0.05) is 30.0 Å². The molecule has 0 radical (unpaired) electrons. The van der Waals surface area contributed by atoms with Crippen LogP contribution in [-0.4, -0.2) is 50.0 Å². The highest BCUT2D eigenvalue weighted by molar-refractivity contribution is 8.13. The van der Waals surface area contributed by atoms with Crippen molar-refractivity contribution in [3.63, 3.8) is 0 Å². The summed E-state index contributed by atoms with van der Waals surface area (Å²) in [7, 11) is 0. The first kappa shape index (κ1) is 22.9. The number of nitrogens with zero attached hydrogens (tertiary/aromatic N) is 5. The molecule has 4 heterocycles. The predicted molar refractivity (Wildman–Crippen MR) is 131 cm³/mol. The molecule has 0 spiro atoms. The molecule has 2 N–H and O–H groups in total. The van der Waals surface area contributed by atoms with Gasteiger partial charge in [0.15, 0.2) is 11.0 Å². The number of aliphatic hydroxyl groups is 1. The van der Waals surface area contributed by atoms with Crippen molar-refractivity contribution >= 4 is 40.1 Å². The second-order valence-corrected chi connectivity index (χ2v) is 10.7. The van der Waals surface area contributed by atoms with Gasteiger partial charge in [0.05, 0.1) is 23.1 Å². The zero-order valence-electron chi connectivity index (χ0n) is 18.6. The van der Waals surface area contributed by atoms with E-state index in [0.29, 0.717) is 29.8 Å². The molecular weight excluding hydrogens is 475 g/mol. The largest absolute Gasteiger partial charge is 0.384 e. The summed E-state index contributed by atoms with van der Waals surface area (Å²) in [6.45, 7) is 4.04. The van der Waals surface area contributed by atoms with E-state index in [1.165, 1.54) is 36.9 Å². The summed E-state index contributed by atoms with van der Waals surface area (Å²) in [6, 6.07) is 9.02. The van der Waals surface area contributed by atoms with Gasteiger partial charge in [-0.15, -0.1) is 11.3 Å². The maximum Gasteiger partial charge on any atom is 0.257 e. The minimum atomic E-state index is -1.44. The molecule has 1 amide bonds. The van der Waals surface area contributed by atoms with Crippen molar-refractivity contribution in [3.05, 3.63) is 70.2 Å². The van der Waals surface area contributed by atoms with Crippen LogP contribution in [0.4, 0.5) is 10.3 Å². The number of hydrogen-bond acceptors (Lipinski definition) is 9. The average molecular weight is 499 g/mol. The zero-order chi connectivity index (χ0) is 23.9. The number of hydrogen-bond donors (Lipinski definition) is 2. The van der Waals surface area contributed by atoms with Crippen LogP contribution in [0.2, 0.25) is 0 Å². The highest BCUT2D eigenvalue weighted by Gasteiger charge is 2.52. The number of anilines is 1. The zero-order valence-corrected chi connectivity index (χ0v) is 20.2. The standard InChI is InChI=1S/C23H23FN6O2S2/c1-22(2,32)18-16(24)8-26-20(27-18)30-10-15-11-33-21(28-19(31)14-6-4-3-5-7-14)29-23(15,12-30)17-9-25-13-34-17/h3-9,13,15,32H,10-12H2,1-2H3,(H,28,29,31)/t15-,23-/m0/s1. The molecule has 0 saturated carbocycles. The van der Waals surface area contributed by atoms with E-state index in [1.54, 1.807) is 17.6 Å². The molecule has 11 heteroatoms. The number of amides is 1. The Morgan fingerprint density at radius 2 is 2.09 bits per heavy atom. The smallest absolute Gasteiger partial charge is 0.257 e. The van der Waals surface area contributed by atoms with Gasteiger partial charge in [-0.05, 0) is 26.0 Å². The van der Waals surface area contributed by atoms with Gasteiger partial charge < -0.3 is 15.3 Å². The van der Waals surface area contributed by atoms with E-state index in [1.807, 2.05) is 29.3 Å². The van der Waals surface area contributed by atoms with Crippen LogP contribution < -0.4 is 10.2 Å². The maximum atomic E-state index is 14.3. The normalized spacial score (nSPS) is 22.3.